The number of aryl methyl sites for hydroxylation is 2. The summed E-state index contributed by atoms with van der Waals surface area (Å²) in [5.41, 5.74) is 10.1. The van der Waals surface area contributed by atoms with Crippen LogP contribution < -0.4 is 10.5 Å². The highest BCUT2D eigenvalue weighted by atomic mass is 16.5. The molecule has 1 aromatic carbocycles. The molecule has 106 valence electrons. The Morgan fingerprint density at radius 2 is 2.00 bits per heavy atom. The maximum Gasteiger partial charge on any atom is 0.142 e. The average Bonchev–Trinajstić information content (AvgIpc) is 2.67. The van der Waals surface area contributed by atoms with E-state index in [1.54, 1.807) is 13.3 Å². The number of rotatable bonds is 1. The Morgan fingerprint density at radius 1 is 1.20 bits per heavy atom. The summed E-state index contributed by atoms with van der Waals surface area (Å²) in [6.07, 6.45) is 4.62. The molecule has 20 heavy (non-hydrogen) atoms. The molecule has 2 aromatic rings. The SMILES string of the molecule is CC.COc1ccc2c(c1)CCCc1nc(N)cnc1-2. The van der Waals surface area contributed by atoms with Gasteiger partial charge in [-0.2, -0.15) is 0 Å². The van der Waals surface area contributed by atoms with Crippen molar-refractivity contribution in [2.45, 2.75) is 33.1 Å². The van der Waals surface area contributed by atoms with Gasteiger partial charge in [0.2, 0.25) is 0 Å². The summed E-state index contributed by atoms with van der Waals surface area (Å²) in [5, 5.41) is 0. The van der Waals surface area contributed by atoms with Crippen molar-refractivity contribution in [1.82, 2.24) is 9.97 Å². The van der Waals surface area contributed by atoms with Gasteiger partial charge < -0.3 is 10.5 Å². The lowest BCUT2D eigenvalue weighted by atomic mass is 10.0. The third kappa shape index (κ3) is 2.74. The normalized spacial score (nSPS) is 12.3. The van der Waals surface area contributed by atoms with Crippen LogP contribution in [0.5, 0.6) is 5.75 Å². The van der Waals surface area contributed by atoms with E-state index in [9.17, 15) is 0 Å². The molecular formula is C16H21N3O. The molecule has 0 unspecified atom stereocenters. The fourth-order valence-electron chi connectivity index (χ4n) is 2.42. The molecule has 0 spiro atoms. The van der Waals surface area contributed by atoms with E-state index in [4.69, 9.17) is 10.5 Å². The third-order valence-corrected chi connectivity index (χ3v) is 3.29. The fourth-order valence-corrected chi connectivity index (χ4v) is 2.42. The minimum Gasteiger partial charge on any atom is -0.497 e. The number of anilines is 1. The predicted octanol–water partition coefficient (Wildman–Crippen LogP) is 3.25. The first-order chi connectivity index (χ1) is 9.78. The van der Waals surface area contributed by atoms with Gasteiger partial charge in [-0.05, 0) is 43.0 Å². The number of hydrogen-bond donors (Lipinski definition) is 1. The van der Waals surface area contributed by atoms with Crippen LogP contribution in [0.4, 0.5) is 5.82 Å². The van der Waals surface area contributed by atoms with Crippen molar-refractivity contribution in [3.63, 3.8) is 0 Å². The van der Waals surface area contributed by atoms with E-state index in [-0.39, 0.29) is 0 Å². The van der Waals surface area contributed by atoms with Crippen LogP contribution in [0.25, 0.3) is 11.3 Å². The summed E-state index contributed by atoms with van der Waals surface area (Å²) in [6, 6.07) is 6.11. The monoisotopic (exact) mass is 271 g/mol. The quantitative estimate of drug-likeness (QED) is 0.865. The second-order valence-electron chi connectivity index (χ2n) is 4.47. The van der Waals surface area contributed by atoms with Crippen LogP contribution in [0.3, 0.4) is 0 Å². The first-order valence-electron chi connectivity index (χ1n) is 7.06. The molecule has 0 amide bonds. The molecular weight excluding hydrogens is 250 g/mol. The fraction of sp³-hybridized carbons (Fsp3) is 0.375. The molecule has 0 saturated carbocycles. The molecule has 3 rings (SSSR count). The molecule has 1 heterocycles. The van der Waals surface area contributed by atoms with Crippen molar-refractivity contribution in [3.8, 4) is 17.0 Å². The van der Waals surface area contributed by atoms with Gasteiger partial charge in [-0.25, -0.2) is 4.98 Å². The summed E-state index contributed by atoms with van der Waals surface area (Å²) < 4.78 is 5.27. The molecule has 0 fully saturated rings. The van der Waals surface area contributed by atoms with Crippen molar-refractivity contribution >= 4 is 5.82 Å². The molecule has 2 N–H and O–H groups in total. The summed E-state index contributed by atoms with van der Waals surface area (Å²) in [4.78, 5) is 8.85. The zero-order valence-corrected chi connectivity index (χ0v) is 12.3. The Hall–Kier alpha value is -2.10. The largest absolute Gasteiger partial charge is 0.497 e. The lowest BCUT2D eigenvalue weighted by molar-refractivity contribution is 0.414. The van der Waals surface area contributed by atoms with E-state index in [1.165, 1.54) is 5.56 Å². The van der Waals surface area contributed by atoms with Gasteiger partial charge in [-0.15, -0.1) is 0 Å². The molecule has 0 bridgehead atoms. The predicted molar refractivity (Wildman–Crippen MR) is 81.8 cm³/mol. The van der Waals surface area contributed by atoms with E-state index >= 15 is 0 Å². The smallest absolute Gasteiger partial charge is 0.142 e. The minimum atomic E-state index is 0.491. The van der Waals surface area contributed by atoms with Gasteiger partial charge in [0.15, 0.2) is 0 Å². The zero-order chi connectivity index (χ0) is 14.5. The molecule has 0 saturated heterocycles. The molecule has 0 aliphatic heterocycles. The van der Waals surface area contributed by atoms with Crippen molar-refractivity contribution in [2.24, 2.45) is 0 Å². The second kappa shape index (κ2) is 6.37. The van der Waals surface area contributed by atoms with Crippen molar-refractivity contribution < 1.29 is 4.74 Å². The van der Waals surface area contributed by atoms with Crippen molar-refractivity contribution in [2.75, 3.05) is 12.8 Å². The second-order valence-corrected chi connectivity index (χ2v) is 4.47. The number of methoxy groups -OCH3 is 1. The summed E-state index contributed by atoms with van der Waals surface area (Å²) in [7, 11) is 1.69. The Morgan fingerprint density at radius 3 is 2.75 bits per heavy atom. The van der Waals surface area contributed by atoms with Crippen LogP contribution >= 0.6 is 0 Å². The van der Waals surface area contributed by atoms with Gasteiger partial charge in [0.1, 0.15) is 11.6 Å². The molecule has 1 aromatic heterocycles. The Kier molecular flexibility index (Phi) is 4.56. The van der Waals surface area contributed by atoms with Crippen LogP contribution in [0.1, 0.15) is 31.5 Å². The Labute approximate surface area is 120 Å². The number of benzene rings is 1. The molecule has 4 heteroatoms. The zero-order valence-electron chi connectivity index (χ0n) is 12.3. The Balaban J connectivity index is 0.000000704. The van der Waals surface area contributed by atoms with Crippen LogP contribution in [-0.2, 0) is 12.8 Å². The molecule has 1 aliphatic rings. The molecule has 4 nitrogen and oxygen atoms in total. The molecule has 0 atom stereocenters. The highest BCUT2D eigenvalue weighted by Crippen LogP contribution is 2.32. The lowest BCUT2D eigenvalue weighted by Gasteiger charge is -2.09. The van der Waals surface area contributed by atoms with Crippen LogP contribution in [0.2, 0.25) is 0 Å². The van der Waals surface area contributed by atoms with E-state index < -0.39 is 0 Å². The summed E-state index contributed by atoms with van der Waals surface area (Å²) in [6.45, 7) is 4.00. The van der Waals surface area contributed by atoms with E-state index in [2.05, 4.69) is 22.1 Å². The van der Waals surface area contributed by atoms with Gasteiger partial charge in [-0.1, -0.05) is 13.8 Å². The van der Waals surface area contributed by atoms with Gasteiger partial charge in [0, 0.05) is 5.56 Å². The maximum absolute atomic E-state index is 5.70. The topological polar surface area (TPSA) is 61.0 Å². The average molecular weight is 271 g/mol. The number of nitrogens with zero attached hydrogens (tertiary/aromatic N) is 2. The highest BCUT2D eigenvalue weighted by molar-refractivity contribution is 5.68. The lowest BCUT2D eigenvalue weighted by Crippen LogP contribution is -2.00. The number of hydrogen-bond acceptors (Lipinski definition) is 4. The first-order valence-corrected chi connectivity index (χ1v) is 7.06. The number of nitrogens with two attached hydrogens (primary N) is 1. The number of fused-ring (bicyclic) bond motifs is 3. The van der Waals surface area contributed by atoms with E-state index in [0.717, 1.165) is 42.0 Å². The number of nitrogen functional groups attached to an aromatic ring is 1. The number of aromatic nitrogens is 2. The van der Waals surface area contributed by atoms with Gasteiger partial charge in [0.05, 0.1) is 24.7 Å². The molecule has 0 radical (unpaired) electrons. The number of ether oxygens (including phenoxy) is 1. The standard InChI is InChI=1S/C14H15N3O.C2H6/c1-18-10-5-6-11-9(7-10)3-2-4-12-14(11)16-8-13(15)17-12;1-2/h5-8H,2-4H2,1H3,(H2,15,17);1-2H3. The van der Waals surface area contributed by atoms with Gasteiger partial charge in [-0.3, -0.25) is 4.98 Å². The van der Waals surface area contributed by atoms with Crippen LogP contribution in [0.15, 0.2) is 24.4 Å². The molecule has 1 aliphatic carbocycles. The summed E-state index contributed by atoms with van der Waals surface area (Å²) >= 11 is 0. The van der Waals surface area contributed by atoms with Crippen LogP contribution in [0, 0.1) is 0 Å². The summed E-state index contributed by atoms with van der Waals surface area (Å²) in [5.74, 6) is 1.38. The van der Waals surface area contributed by atoms with Crippen molar-refractivity contribution in [1.29, 1.82) is 0 Å². The van der Waals surface area contributed by atoms with Crippen molar-refractivity contribution in [3.05, 3.63) is 35.7 Å². The van der Waals surface area contributed by atoms with E-state index in [1.807, 2.05) is 19.9 Å². The van der Waals surface area contributed by atoms with E-state index in [0.29, 0.717) is 5.82 Å². The van der Waals surface area contributed by atoms with Crippen LogP contribution in [-0.4, -0.2) is 17.1 Å². The maximum atomic E-state index is 5.70. The van der Waals surface area contributed by atoms with Gasteiger partial charge >= 0.3 is 0 Å². The highest BCUT2D eigenvalue weighted by Gasteiger charge is 2.17. The Bertz CT molecular complexity index is 596. The first kappa shape index (κ1) is 14.3. The third-order valence-electron chi connectivity index (χ3n) is 3.29. The minimum absolute atomic E-state index is 0.491. The van der Waals surface area contributed by atoms with Gasteiger partial charge in [0.25, 0.3) is 0 Å².